The Labute approximate surface area is 134 Å². The molecule has 0 radical (unpaired) electrons. The van der Waals surface area contributed by atoms with Crippen molar-refractivity contribution in [3.8, 4) is 5.75 Å². The van der Waals surface area contributed by atoms with Crippen LogP contribution in [-0.4, -0.2) is 16.8 Å². The lowest BCUT2D eigenvalue weighted by Gasteiger charge is -2.19. The molecule has 0 saturated heterocycles. The Hall–Kier alpha value is -2.03. The summed E-state index contributed by atoms with van der Waals surface area (Å²) in [6, 6.07) is 19.2. The minimum absolute atomic E-state index is 0.0551. The standard InChI is InChI=1S/C19H17ClO2/c20-15-8-5-14(6-9-15)16(11-12-21)18-10-7-13-3-1-2-4-17(13)19(18)22/h1-10,16,21-22H,11-12H2/t16-/m0/s1. The van der Waals surface area contributed by atoms with Crippen LogP contribution >= 0.6 is 11.6 Å². The van der Waals surface area contributed by atoms with E-state index in [0.717, 1.165) is 21.9 Å². The number of aliphatic hydroxyl groups excluding tert-OH is 1. The van der Waals surface area contributed by atoms with Crippen molar-refractivity contribution in [3.63, 3.8) is 0 Å². The normalized spacial score (nSPS) is 12.5. The second-order valence-corrected chi connectivity index (χ2v) is 5.78. The van der Waals surface area contributed by atoms with Gasteiger partial charge in [0, 0.05) is 28.5 Å². The fourth-order valence-electron chi connectivity index (χ4n) is 2.88. The first-order chi connectivity index (χ1) is 10.7. The molecule has 22 heavy (non-hydrogen) atoms. The summed E-state index contributed by atoms with van der Waals surface area (Å²) >= 11 is 5.95. The van der Waals surface area contributed by atoms with Crippen LogP contribution in [0.3, 0.4) is 0 Å². The molecule has 0 heterocycles. The molecule has 0 fully saturated rings. The smallest absolute Gasteiger partial charge is 0.127 e. The molecule has 1 atom stereocenters. The molecule has 2 N–H and O–H groups in total. The van der Waals surface area contributed by atoms with E-state index in [1.807, 2.05) is 60.7 Å². The summed E-state index contributed by atoms with van der Waals surface area (Å²) in [4.78, 5) is 0. The van der Waals surface area contributed by atoms with Gasteiger partial charge in [0.2, 0.25) is 0 Å². The lowest BCUT2D eigenvalue weighted by atomic mass is 9.87. The fourth-order valence-corrected chi connectivity index (χ4v) is 3.01. The van der Waals surface area contributed by atoms with Gasteiger partial charge in [0.25, 0.3) is 0 Å². The van der Waals surface area contributed by atoms with Crippen molar-refractivity contribution in [2.24, 2.45) is 0 Å². The molecule has 0 spiro atoms. The molecule has 3 aromatic rings. The van der Waals surface area contributed by atoms with E-state index in [1.54, 1.807) is 0 Å². The van der Waals surface area contributed by atoms with Crippen molar-refractivity contribution in [2.45, 2.75) is 12.3 Å². The number of phenolic OH excluding ortho intramolecular Hbond substituents is 1. The first-order valence-electron chi connectivity index (χ1n) is 7.27. The van der Waals surface area contributed by atoms with Crippen LogP contribution in [0.2, 0.25) is 5.02 Å². The number of rotatable bonds is 4. The molecule has 112 valence electrons. The van der Waals surface area contributed by atoms with Gasteiger partial charge in [0.1, 0.15) is 5.75 Å². The van der Waals surface area contributed by atoms with Gasteiger partial charge in [-0.3, -0.25) is 0 Å². The van der Waals surface area contributed by atoms with Gasteiger partial charge in [0.15, 0.2) is 0 Å². The first kappa shape index (κ1) is 14.9. The number of benzene rings is 3. The highest BCUT2D eigenvalue weighted by Gasteiger charge is 2.18. The third-order valence-electron chi connectivity index (χ3n) is 4.00. The lowest BCUT2D eigenvalue weighted by Crippen LogP contribution is -2.04. The zero-order chi connectivity index (χ0) is 15.5. The quantitative estimate of drug-likeness (QED) is 0.732. The van der Waals surface area contributed by atoms with Gasteiger partial charge < -0.3 is 10.2 Å². The average Bonchev–Trinajstić information content (AvgIpc) is 2.55. The zero-order valence-electron chi connectivity index (χ0n) is 12.0. The molecule has 0 aliphatic rings. The second-order valence-electron chi connectivity index (χ2n) is 5.34. The van der Waals surface area contributed by atoms with Crippen molar-refractivity contribution in [3.05, 3.63) is 76.8 Å². The van der Waals surface area contributed by atoms with E-state index >= 15 is 0 Å². The molecule has 0 aliphatic carbocycles. The summed E-state index contributed by atoms with van der Waals surface area (Å²) in [6.07, 6.45) is 0.549. The molecule has 0 bridgehead atoms. The van der Waals surface area contributed by atoms with Crippen LogP contribution in [0, 0.1) is 0 Å². The predicted molar refractivity (Wildman–Crippen MR) is 90.6 cm³/mol. The third kappa shape index (κ3) is 2.80. The summed E-state index contributed by atoms with van der Waals surface area (Å²) in [5.41, 5.74) is 1.86. The largest absolute Gasteiger partial charge is 0.507 e. The van der Waals surface area contributed by atoms with E-state index in [0.29, 0.717) is 11.4 Å². The molecule has 2 nitrogen and oxygen atoms in total. The molecule has 0 unspecified atom stereocenters. The van der Waals surface area contributed by atoms with E-state index in [9.17, 15) is 10.2 Å². The van der Waals surface area contributed by atoms with E-state index in [4.69, 9.17) is 11.6 Å². The van der Waals surface area contributed by atoms with Crippen LogP contribution in [-0.2, 0) is 0 Å². The Morgan fingerprint density at radius 2 is 1.64 bits per heavy atom. The van der Waals surface area contributed by atoms with Crippen molar-refractivity contribution >= 4 is 22.4 Å². The minimum Gasteiger partial charge on any atom is -0.507 e. The van der Waals surface area contributed by atoms with Crippen molar-refractivity contribution in [2.75, 3.05) is 6.61 Å². The third-order valence-corrected chi connectivity index (χ3v) is 4.25. The highest BCUT2D eigenvalue weighted by atomic mass is 35.5. The molecule has 0 aromatic heterocycles. The van der Waals surface area contributed by atoms with Gasteiger partial charge in [-0.05, 0) is 29.5 Å². The molecule has 3 rings (SSSR count). The van der Waals surface area contributed by atoms with Gasteiger partial charge in [-0.2, -0.15) is 0 Å². The number of hydrogen-bond donors (Lipinski definition) is 2. The summed E-state index contributed by atoms with van der Waals surface area (Å²) in [5, 5.41) is 22.6. The number of aromatic hydroxyl groups is 1. The van der Waals surface area contributed by atoms with Gasteiger partial charge >= 0.3 is 0 Å². The van der Waals surface area contributed by atoms with E-state index in [-0.39, 0.29) is 18.3 Å². The van der Waals surface area contributed by atoms with Crippen molar-refractivity contribution in [1.29, 1.82) is 0 Å². The van der Waals surface area contributed by atoms with Crippen molar-refractivity contribution < 1.29 is 10.2 Å². The average molecular weight is 313 g/mol. The van der Waals surface area contributed by atoms with Crippen LogP contribution in [0.1, 0.15) is 23.5 Å². The maximum Gasteiger partial charge on any atom is 0.127 e. The summed E-state index contributed by atoms with van der Waals surface area (Å²) < 4.78 is 0. The number of phenols is 1. The Bertz CT molecular complexity index is 781. The molecular weight excluding hydrogens is 296 g/mol. The molecule has 0 aliphatic heterocycles. The molecule has 0 amide bonds. The van der Waals surface area contributed by atoms with Crippen LogP contribution in [0.25, 0.3) is 10.8 Å². The topological polar surface area (TPSA) is 40.5 Å². The van der Waals surface area contributed by atoms with Gasteiger partial charge in [0.05, 0.1) is 0 Å². The highest BCUT2D eigenvalue weighted by Crippen LogP contribution is 2.38. The first-order valence-corrected chi connectivity index (χ1v) is 7.65. The molecule has 0 saturated carbocycles. The SMILES string of the molecule is OCC[C@@H](c1ccc(Cl)cc1)c1ccc2ccccc2c1O. The van der Waals surface area contributed by atoms with Crippen LogP contribution in [0.15, 0.2) is 60.7 Å². The Kier molecular flexibility index (Phi) is 4.32. The Morgan fingerprint density at radius 1 is 0.909 bits per heavy atom. The molecular formula is C19H17ClO2. The van der Waals surface area contributed by atoms with Crippen LogP contribution in [0.5, 0.6) is 5.75 Å². The predicted octanol–water partition coefficient (Wildman–Crippen LogP) is 4.71. The number of aliphatic hydroxyl groups is 1. The second kappa shape index (κ2) is 6.39. The Balaban J connectivity index is 2.12. The highest BCUT2D eigenvalue weighted by molar-refractivity contribution is 6.30. The van der Waals surface area contributed by atoms with Crippen LogP contribution in [0.4, 0.5) is 0 Å². The van der Waals surface area contributed by atoms with Crippen molar-refractivity contribution in [1.82, 2.24) is 0 Å². The monoisotopic (exact) mass is 312 g/mol. The summed E-state index contributed by atoms with van der Waals surface area (Å²) in [7, 11) is 0. The maximum absolute atomic E-state index is 10.7. The van der Waals surface area contributed by atoms with Crippen LogP contribution < -0.4 is 0 Å². The van der Waals surface area contributed by atoms with Gasteiger partial charge in [-0.25, -0.2) is 0 Å². The summed E-state index contributed by atoms with van der Waals surface area (Å²) in [5.74, 6) is 0.221. The fraction of sp³-hybridized carbons (Fsp3) is 0.158. The minimum atomic E-state index is -0.0631. The number of hydrogen-bond acceptors (Lipinski definition) is 2. The summed E-state index contributed by atoms with van der Waals surface area (Å²) in [6.45, 7) is 0.0551. The molecule has 3 aromatic carbocycles. The Morgan fingerprint density at radius 3 is 2.36 bits per heavy atom. The van der Waals surface area contributed by atoms with E-state index < -0.39 is 0 Å². The van der Waals surface area contributed by atoms with E-state index in [2.05, 4.69) is 0 Å². The maximum atomic E-state index is 10.7. The van der Waals surface area contributed by atoms with Gasteiger partial charge in [-0.15, -0.1) is 0 Å². The van der Waals surface area contributed by atoms with E-state index in [1.165, 1.54) is 0 Å². The zero-order valence-corrected chi connectivity index (χ0v) is 12.8. The lowest BCUT2D eigenvalue weighted by molar-refractivity contribution is 0.281. The number of fused-ring (bicyclic) bond motifs is 1. The van der Waals surface area contributed by atoms with Gasteiger partial charge in [-0.1, -0.05) is 60.1 Å². The molecule has 3 heteroatoms. The number of halogens is 1.